The molecule has 0 unspecified atom stereocenters. The third-order valence-corrected chi connectivity index (χ3v) is 5.44. The Bertz CT molecular complexity index is 1250. The lowest BCUT2D eigenvalue weighted by Gasteiger charge is -2.12. The number of rotatable bonds is 5. The Kier molecular flexibility index (Phi) is 5.35. The summed E-state index contributed by atoms with van der Waals surface area (Å²) in [6.07, 6.45) is 1.73. The maximum Gasteiger partial charge on any atom is 0.256 e. The first-order chi connectivity index (χ1) is 14.8. The van der Waals surface area contributed by atoms with Crippen molar-refractivity contribution in [2.45, 2.75) is 53.5 Å². The van der Waals surface area contributed by atoms with Gasteiger partial charge in [-0.25, -0.2) is 14.3 Å². The molecule has 0 saturated heterocycles. The van der Waals surface area contributed by atoms with Crippen LogP contribution in [0.2, 0.25) is 0 Å². The van der Waals surface area contributed by atoms with Gasteiger partial charge in [-0.1, -0.05) is 32.0 Å². The van der Waals surface area contributed by atoms with Crippen LogP contribution >= 0.6 is 0 Å². The van der Waals surface area contributed by atoms with Gasteiger partial charge in [0.05, 0.1) is 39.9 Å². The summed E-state index contributed by atoms with van der Waals surface area (Å²) in [4.78, 5) is 18.2. The van der Waals surface area contributed by atoms with E-state index in [1.807, 2.05) is 59.6 Å². The van der Waals surface area contributed by atoms with Crippen LogP contribution in [0.15, 0.2) is 42.6 Å². The van der Waals surface area contributed by atoms with E-state index in [1.165, 1.54) is 0 Å². The van der Waals surface area contributed by atoms with Crippen LogP contribution in [-0.4, -0.2) is 30.5 Å². The molecule has 1 aromatic carbocycles. The van der Waals surface area contributed by atoms with E-state index in [1.54, 1.807) is 6.20 Å². The van der Waals surface area contributed by atoms with Gasteiger partial charge in [-0.3, -0.25) is 4.79 Å². The largest absolute Gasteiger partial charge is 0.319 e. The summed E-state index contributed by atoms with van der Waals surface area (Å²) in [7, 11) is 0. The fourth-order valence-electron chi connectivity index (χ4n) is 3.72. The first kappa shape index (κ1) is 20.8. The standard InChI is InChI=1S/C24H28N6O/c1-14(2)21-12-19(20-13-25-29(15(3)4)23(20)26-21)24(31)27-22-16(5)28-30(17(22)6)18-10-8-7-9-11-18/h7-15H,1-6H3,(H,27,31). The van der Waals surface area contributed by atoms with Gasteiger partial charge >= 0.3 is 0 Å². The molecular formula is C24H28N6O. The molecule has 4 rings (SSSR count). The summed E-state index contributed by atoms with van der Waals surface area (Å²) in [5.41, 5.74) is 5.50. The molecule has 3 heterocycles. The van der Waals surface area contributed by atoms with E-state index in [0.29, 0.717) is 5.56 Å². The second-order valence-corrected chi connectivity index (χ2v) is 8.42. The number of hydrogen-bond donors (Lipinski definition) is 1. The van der Waals surface area contributed by atoms with Crippen LogP contribution in [0.3, 0.4) is 0 Å². The number of amides is 1. The molecule has 1 N–H and O–H groups in total. The number of fused-ring (bicyclic) bond motifs is 1. The quantitative estimate of drug-likeness (QED) is 0.486. The molecule has 0 saturated carbocycles. The maximum absolute atomic E-state index is 13.4. The lowest BCUT2D eigenvalue weighted by molar-refractivity contribution is 0.102. The number of hydrogen-bond acceptors (Lipinski definition) is 4. The molecule has 0 spiro atoms. The second-order valence-electron chi connectivity index (χ2n) is 8.42. The number of nitrogens with zero attached hydrogens (tertiary/aromatic N) is 5. The highest BCUT2D eigenvalue weighted by atomic mass is 16.1. The van der Waals surface area contributed by atoms with Gasteiger partial charge in [0.2, 0.25) is 0 Å². The van der Waals surface area contributed by atoms with Gasteiger partial charge < -0.3 is 5.32 Å². The summed E-state index contributed by atoms with van der Waals surface area (Å²) < 4.78 is 3.71. The number of anilines is 1. The van der Waals surface area contributed by atoms with Gasteiger partial charge in [-0.2, -0.15) is 10.2 Å². The van der Waals surface area contributed by atoms with Gasteiger partial charge in [-0.05, 0) is 51.8 Å². The summed E-state index contributed by atoms with van der Waals surface area (Å²) in [5, 5.41) is 13.0. The van der Waals surface area contributed by atoms with Crippen molar-refractivity contribution in [3.63, 3.8) is 0 Å². The zero-order valence-electron chi connectivity index (χ0n) is 18.8. The predicted octanol–water partition coefficient (Wildman–Crippen LogP) is 5.19. The van der Waals surface area contributed by atoms with E-state index in [4.69, 9.17) is 4.98 Å². The van der Waals surface area contributed by atoms with Crippen molar-refractivity contribution in [2.24, 2.45) is 0 Å². The minimum atomic E-state index is -0.184. The third-order valence-electron chi connectivity index (χ3n) is 5.44. The van der Waals surface area contributed by atoms with Crippen molar-refractivity contribution in [1.82, 2.24) is 24.5 Å². The van der Waals surface area contributed by atoms with Crippen molar-refractivity contribution in [3.8, 4) is 5.69 Å². The number of aromatic nitrogens is 5. The van der Waals surface area contributed by atoms with E-state index >= 15 is 0 Å². The molecule has 0 aliphatic rings. The molecule has 0 bridgehead atoms. The zero-order valence-corrected chi connectivity index (χ0v) is 18.8. The number of pyridine rings is 1. The van der Waals surface area contributed by atoms with Crippen LogP contribution in [0.1, 0.15) is 67.1 Å². The molecular weight excluding hydrogens is 388 g/mol. The van der Waals surface area contributed by atoms with Gasteiger partial charge in [0.15, 0.2) is 5.65 Å². The lowest BCUT2D eigenvalue weighted by atomic mass is 10.0. The minimum absolute atomic E-state index is 0.150. The summed E-state index contributed by atoms with van der Waals surface area (Å²) in [5.74, 6) is 0.00665. The predicted molar refractivity (Wildman–Crippen MR) is 123 cm³/mol. The van der Waals surface area contributed by atoms with Crippen LogP contribution in [0.4, 0.5) is 5.69 Å². The molecule has 0 fully saturated rings. The Hall–Kier alpha value is -3.48. The minimum Gasteiger partial charge on any atom is -0.319 e. The Balaban J connectivity index is 1.77. The molecule has 31 heavy (non-hydrogen) atoms. The van der Waals surface area contributed by atoms with E-state index in [2.05, 4.69) is 43.2 Å². The number of aryl methyl sites for hydroxylation is 1. The topological polar surface area (TPSA) is 77.6 Å². The number of carbonyl (C=O) groups excluding carboxylic acids is 1. The maximum atomic E-state index is 13.4. The lowest BCUT2D eigenvalue weighted by Crippen LogP contribution is -2.15. The van der Waals surface area contributed by atoms with Crippen LogP contribution in [0.25, 0.3) is 16.7 Å². The number of nitrogens with one attached hydrogen (secondary N) is 1. The average molecular weight is 417 g/mol. The monoisotopic (exact) mass is 416 g/mol. The van der Waals surface area contributed by atoms with E-state index in [-0.39, 0.29) is 17.9 Å². The van der Waals surface area contributed by atoms with Crippen LogP contribution in [0, 0.1) is 13.8 Å². The zero-order chi connectivity index (χ0) is 22.3. The van der Waals surface area contributed by atoms with Crippen molar-refractivity contribution in [1.29, 1.82) is 0 Å². The third kappa shape index (κ3) is 3.71. The van der Waals surface area contributed by atoms with E-state index in [0.717, 1.165) is 39.5 Å². The highest BCUT2D eigenvalue weighted by Gasteiger charge is 2.21. The molecule has 7 nitrogen and oxygen atoms in total. The van der Waals surface area contributed by atoms with Crippen LogP contribution in [-0.2, 0) is 0 Å². The SMILES string of the molecule is Cc1nn(-c2ccccc2)c(C)c1NC(=O)c1cc(C(C)C)nc2c1cnn2C(C)C. The summed E-state index contributed by atoms with van der Waals surface area (Å²) in [6.45, 7) is 12.1. The number of benzene rings is 1. The summed E-state index contributed by atoms with van der Waals surface area (Å²) >= 11 is 0. The van der Waals surface area contributed by atoms with E-state index in [9.17, 15) is 4.79 Å². The van der Waals surface area contributed by atoms with Crippen molar-refractivity contribution in [3.05, 3.63) is 65.2 Å². The number of para-hydroxylation sites is 1. The fourth-order valence-corrected chi connectivity index (χ4v) is 3.72. The normalized spacial score (nSPS) is 11.6. The fraction of sp³-hybridized carbons (Fsp3) is 0.333. The molecule has 160 valence electrons. The molecule has 4 aromatic rings. The van der Waals surface area contributed by atoms with Gasteiger partial charge in [0, 0.05) is 11.7 Å². The Labute approximate surface area is 182 Å². The highest BCUT2D eigenvalue weighted by Crippen LogP contribution is 2.27. The smallest absolute Gasteiger partial charge is 0.256 e. The molecule has 3 aromatic heterocycles. The molecule has 1 amide bonds. The molecule has 0 aliphatic heterocycles. The first-order valence-electron chi connectivity index (χ1n) is 10.6. The molecule has 0 atom stereocenters. The van der Waals surface area contributed by atoms with E-state index < -0.39 is 0 Å². The van der Waals surface area contributed by atoms with Crippen molar-refractivity contribution < 1.29 is 4.79 Å². The van der Waals surface area contributed by atoms with Gasteiger partial charge in [0.25, 0.3) is 5.91 Å². The molecule has 0 aliphatic carbocycles. The Morgan fingerprint density at radius 1 is 1.06 bits per heavy atom. The van der Waals surface area contributed by atoms with Crippen LogP contribution in [0.5, 0.6) is 0 Å². The first-order valence-corrected chi connectivity index (χ1v) is 10.6. The van der Waals surface area contributed by atoms with Crippen molar-refractivity contribution in [2.75, 3.05) is 5.32 Å². The average Bonchev–Trinajstić information content (AvgIpc) is 3.30. The Morgan fingerprint density at radius 2 is 1.77 bits per heavy atom. The van der Waals surface area contributed by atoms with Crippen molar-refractivity contribution >= 4 is 22.6 Å². The van der Waals surface area contributed by atoms with Crippen LogP contribution < -0.4 is 5.32 Å². The Morgan fingerprint density at radius 3 is 2.42 bits per heavy atom. The van der Waals surface area contributed by atoms with Gasteiger partial charge in [-0.15, -0.1) is 0 Å². The second kappa shape index (κ2) is 7.98. The van der Waals surface area contributed by atoms with Gasteiger partial charge in [0.1, 0.15) is 0 Å². The molecule has 0 radical (unpaired) electrons. The highest BCUT2D eigenvalue weighted by molar-refractivity contribution is 6.12. The summed E-state index contributed by atoms with van der Waals surface area (Å²) in [6, 6.07) is 11.9. The molecule has 7 heteroatoms. The number of carbonyl (C=O) groups is 1.